The van der Waals surface area contributed by atoms with Gasteiger partial charge in [0.05, 0.1) is 19.3 Å². The molecular weight excluding hydrogens is 128 g/mol. The lowest BCUT2D eigenvalue weighted by Gasteiger charge is -1.96. The number of hydrogen-bond acceptors (Lipinski definition) is 2. The maximum absolute atomic E-state index is 8.42. The molecule has 0 heterocycles. The third kappa shape index (κ3) is 2.12. The third-order valence-electron chi connectivity index (χ3n) is 1.64. The second-order valence-corrected chi connectivity index (χ2v) is 2.56. The number of rotatable bonds is 4. The van der Waals surface area contributed by atoms with Gasteiger partial charge in [0.1, 0.15) is 0 Å². The first-order valence-corrected chi connectivity index (χ1v) is 3.73. The average molecular weight is 142 g/mol. The van der Waals surface area contributed by atoms with Gasteiger partial charge in [-0.2, -0.15) is 0 Å². The van der Waals surface area contributed by atoms with Crippen molar-refractivity contribution in [1.82, 2.24) is 0 Å². The van der Waals surface area contributed by atoms with Crippen LogP contribution in [0, 0.1) is 5.92 Å². The molecule has 0 aromatic carbocycles. The van der Waals surface area contributed by atoms with Crippen LogP contribution in [0.15, 0.2) is 12.2 Å². The van der Waals surface area contributed by atoms with Gasteiger partial charge >= 0.3 is 0 Å². The molecule has 2 nitrogen and oxygen atoms in total. The SMILES string of the molecule is C/C=C/C1CC1OCCO. The molecule has 2 unspecified atom stereocenters. The zero-order valence-corrected chi connectivity index (χ0v) is 6.29. The fourth-order valence-electron chi connectivity index (χ4n) is 1.04. The van der Waals surface area contributed by atoms with E-state index < -0.39 is 0 Å². The lowest BCUT2D eigenvalue weighted by Crippen LogP contribution is -2.01. The fraction of sp³-hybridized carbons (Fsp3) is 0.750. The van der Waals surface area contributed by atoms with Gasteiger partial charge in [0.15, 0.2) is 0 Å². The highest BCUT2D eigenvalue weighted by atomic mass is 16.5. The molecule has 1 aliphatic rings. The Hall–Kier alpha value is -0.340. The lowest BCUT2D eigenvalue weighted by atomic mass is 10.4. The topological polar surface area (TPSA) is 29.5 Å². The van der Waals surface area contributed by atoms with Gasteiger partial charge in [-0.3, -0.25) is 0 Å². The molecule has 2 heteroatoms. The van der Waals surface area contributed by atoms with Gasteiger partial charge < -0.3 is 9.84 Å². The van der Waals surface area contributed by atoms with Crippen LogP contribution >= 0.6 is 0 Å². The molecular formula is C8H14O2. The molecule has 0 saturated heterocycles. The molecule has 1 aliphatic carbocycles. The molecule has 1 saturated carbocycles. The zero-order valence-electron chi connectivity index (χ0n) is 6.29. The van der Waals surface area contributed by atoms with Gasteiger partial charge in [-0.05, 0) is 13.3 Å². The van der Waals surface area contributed by atoms with E-state index in [0.29, 0.717) is 18.6 Å². The summed E-state index contributed by atoms with van der Waals surface area (Å²) in [6.45, 7) is 2.64. The molecule has 0 radical (unpaired) electrons. The fourth-order valence-corrected chi connectivity index (χ4v) is 1.04. The molecule has 0 amide bonds. The summed E-state index contributed by atoms with van der Waals surface area (Å²) < 4.78 is 5.27. The minimum Gasteiger partial charge on any atom is -0.394 e. The summed E-state index contributed by atoms with van der Waals surface area (Å²) in [5.41, 5.74) is 0. The first-order valence-electron chi connectivity index (χ1n) is 3.73. The maximum atomic E-state index is 8.42. The van der Waals surface area contributed by atoms with Crippen molar-refractivity contribution in [3.05, 3.63) is 12.2 Å². The Labute approximate surface area is 61.5 Å². The maximum Gasteiger partial charge on any atom is 0.0701 e. The van der Waals surface area contributed by atoms with Gasteiger partial charge in [-0.25, -0.2) is 0 Å². The van der Waals surface area contributed by atoms with E-state index in [9.17, 15) is 0 Å². The van der Waals surface area contributed by atoms with Gasteiger partial charge in [0.2, 0.25) is 0 Å². The van der Waals surface area contributed by atoms with Crippen LogP contribution in [-0.4, -0.2) is 24.4 Å². The first kappa shape index (κ1) is 7.76. The van der Waals surface area contributed by atoms with E-state index in [1.807, 2.05) is 13.0 Å². The molecule has 1 rings (SSSR count). The molecule has 2 atom stereocenters. The molecule has 0 aromatic heterocycles. The minimum atomic E-state index is 0.138. The van der Waals surface area contributed by atoms with Crippen molar-refractivity contribution in [2.45, 2.75) is 19.4 Å². The molecule has 58 valence electrons. The quantitative estimate of drug-likeness (QED) is 0.592. The molecule has 0 aliphatic heterocycles. The van der Waals surface area contributed by atoms with Gasteiger partial charge in [-0.15, -0.1) is 0 Å². The minimum absolute atomic E-state index is 0.138. The lowest BCUT2D eigenvalue weighted by molar-refractivity contribution is 0.0760. The Morgan fingerprint density at radius 3 is 3.10 bits per heavy atom. The van der Waals surface area contributed by atoms with Crippen molar-refractivity contribution in [3.8, 4) is 0 Å². The van der Waals surface area contributed by atoms with Crippen molar-refractivity contribution in [2.24, 2.45) is 5.92 Å². The highest BCUT2D eigenvalue weighted by Gasteiger charge is 2.35. The molecule has 0 bridgehead atoms. The highest BCUT2D eigenvalue weighted by Crippen LogP contribution is 2.34. The zero-order chi connectivity index (χ0) is 7.40. The number of allylic oxidation sites excluding steroid dienone is 1. The molecule has 0 spiro atoms. The second-order valence-electron chi connectivity index (χ2n) is 2.56. The van der Waals surface area contributed by atoms with Crippen LogP contribution in [0.4, 0.5) is 0 Å². The van der Waals surface area contributed by atoms with Gasteiger partial charge in [-0.1, -0.05) is 12.2 Å². The molecule has 1 fully saturated rings. The number of aliphatic hydroxyl groups excluding tert-OH is 1. The van der Waals surface area contributed by atoms with E-state index in [1.54, 1.807) is 0 Å². The van der Waals surface area contributed by atoms with E-state index in [1.165, 1.54) is 0 Å². The predicted molar refractivity (Wildman–Crippen MR) is 39.7 cm³/mol. The van der Waals surface area contributed by atoms with E-state index >= 15 is 0 Å². The smallest absolute Gasteiger partial charge is 0.0701 e. The monoisotopic (exact) mass is 142 g/mol. The summed E-state index contributed by atoms with van der Waals surface area (Å²) in [6, 6.07) is 0. The van der Waals surface area contributed by atoms with Crippen molar-refractivity contribution < 1.29 is 9.84 Å². The van der Waals surface area contributed by atoms with Crippen LogP contribution in [0.3, 0.4) is 0 Å². The van der Waals surface area contributed by atoms with Crippen LogP contribution in [0.2, 0.25) is 0 Å². The summed E-state index contributed by atoms with van der Waals surface area (Å²) >= 11 is 0. The Kier molecular flexibility index (Phi) is 2.90. The van der Waals surface area contributed by atoms with Gasteiger partial charge in [0.25, 0.3) is 0 Å². The highest BCUT2D eigenvalue weighted by molar-refractivity contribution is 5.02. The summed E-state index contributed by atoms with van der Waals surface area (Å²) in [5, 5.41) is 8.42. The van der Waals surface area contributed by atoms with E-state index in [2.05, 4.69) is 6.08 Å². The normalized spacial score (nSPS) is 31.4. The summed E-state index contributed by atoms with van der Waals surface area (Å²) in [4.78, 5) is 0. The van der Waals surface area contributed by atoms with Gasteiger partial charge in [0, 0.05) is 5.92 Å². The van der Waals surface area contributed by atoms with Crippen LogP contribution in [-0.2, 0) is 4.74 Å². The predicted octanol–water partition coefficient (Wildman–Crippen LogP) is 0.960. The first-order chi connectivity index (χ1) is 4.88. The number of ether oxygens (including phenoxy) is 1. The molecule has 0 aromatic rings. The largest absolute Gasteiger partial charge is 0.394 e. The van der Waals surface area contributed by atoms with Crippen molar-refractivity contribution in [3.63, 3.8) is 0 Å². The molecule has 10 heavy (non-hydrogen) atoms. The second kappa shape index (κ2) is 3.74. The standard InChI is InChI=1S/C8H14O2/c1-2-3-7-6-8(7)10-5-4-9/h2-3,7-9H,4-6H2,1H3/b3-2+. The molecule has 1 N–H and O–H groups in total. The van der Waals surface area contributed by atoms with Crippen molar-refractivity contribution >= 4 is 0 Å². The van der Waals surface area contributed by atoms with Crippen LogP contribution in [0.25, 0.3) is 0 Å². The third-order valence-corrected chi connectivity index (χ3v) is 1.64. The summed E-state index contributed by atoms with van der Waals surface area (Å²) in [6.07, 6.45) is 5.72. The number of aliphatic hydroxyl groups is 1. The van der Waals surface area contributed by atoms with Crippen molar-refractivity contribution in [1.29, 1.82) is 0 Å². The van der Waals surface area contributed by atoms with Crippen LogP contribution in [0.5, 0.6) is 0 Å². The van der Waals surface area contributed by atoms with Crippen LogP contribution < -0.4 is 0 Å². The average Bonchev–Trinajstić information content (AvgIpc) is 2.65. The summed E-state index contributed by atoms with van der Waals surface area (Å²) in [7, 11) is 0. The Bertz CT molecular complexity index is 120. The van der Waals surface area contributed by atoms with E-state index in [0.717, 1.165) is 6.42 Å². The van der Waals surface area contributed by atoms with E-state index in [-0.39, 0.29) is 6.61 Å². The number of hydrogen-bond donors (Lipinski definition) is 1. The Morgan fingerprint density at radius 2 is 2.50 bits per heavy atom. The van der Waals surface area contributed by atoms with Crippen molar-refractivity contribution in [2.75, 3.05) is 13.2 Å². The van der Waals surface area contributed by atoms with E-state index in [4.69, 9.17) is 9.84 Å². The van der Waals surface area contributed by atoms with Crippen LogP contribution in [0.1, 0.15) is 13.3 Å². The Morgan fingerprint density at radius 1 is 1.70 bits per heavy atom. The summed E-state index contributed by atoms with van der Waals surface area (Å²) in [5.74, 6) is 0.622. The Balaban J connectivity index is 2.02.